The van der Waals surface area contributed by atoms with E-state index in [1.54, 1.807) is 0 Å². The first-order chi connectivity index (χ1) is 6.77. The third kappa shape index (κ3) is 2.15. The van der Waals surface area contributed by atoms with E-state index in [-0.39, 0.29) is 0 Å². The minimum Gasteiger partial charge on any atom is -0.380 e. The number of hydrogen-bond acceptors (Lipinski definition) is 3. The van der Waals surface area contributed by atoms with Gasteiger partial charge < -0.3 is 4.74 Å². The molecule has 0 amide bonds. The van der Waals surface area contributed by atoms with Gasteiger partial charge in [0.2, 0.25) is 0 Å². The van der Waals surface area contributed by atoms with Crippen LogP contribution in [-0.4, -0.2) is 43.0 Å². The van der Waals surface area contributed by atoms with Crippen molar-refractivity contribution in [2.45, 2.75) is 44.2 Å². The van der Waals surface area contributed by atoms with E-state index in [4.69, 9.17) is 4.74 Å². The number of ketones is 1. The Kier molecular flexibility index (Phi) is 3.19. The number of carbonyl (C=O) groups excluding carboxylic acids is 1. The zero-order valence-electron chi connectivity index (χ0n) is 8.87. The lowest BCUT2D eigenvalue weighted by atomic mass is 9.92. The average Bonchev–Trinajstić information content (AvgIpc) is 2.71. The Morgan fingerprint density at radius 1 is 1.21 bits per heavy atom. The van der Waals surface area contributed by atoms with Crippen molar-refractivity contribution in [3.05, 3.63) is 0 Å². The molecule has 1 aliphatic carbocycles. The molecule has 0 aromatic rings. The molecule has 1 heterocycles. The maximum atomic E-state index is 11.1. The number of nitrogens with zero attached hydrogens (tertiary/aromatic N) is 1. The van der Waals surface area contributed by atoms with Crippen LogP contribution in [0.2, 0.25) is 0 Å². The minimum absolute atomic E-state index is 0.442. The van der Waals surface area contributed by atoms with Gasteiger partial charge in [-0.05, 0) is 26.3 Å². The van der Waals surface area contributed by atoms with Crippen molar-refractivity contribution in [2.24, 2.45) is 0 Å². The molecule has 1 atom stereocenters. The molecule has 0 aromatic heterocycles. The molecule has 1 saturated heterocycles. The summed E-state index contributed by atoms with van der Waals surface area (Å²) in [5.41, 5.74) is 0. The van der Waals surface area contributed by atoms with E-state index >= 15 is 0 Å². The lowest BCUT2D eigenvalue weighted by Gasteiger charge is -2.34. The van der Waals surface area contributed by atoms with E-state index in [1.165, 1.54) is 0 Å². The highest BCUT2D eigenvalue weighted by Gasteiger charge is 2.28. The Labute approximate surface area is 85.4 Å². The fourth-order valence-corrected chi connectivity index (χ4v) is 2.47. The van der Waals surface area contributed by atoms with Gasteiger partial charge in [-0.15, -0.1) is 0 Å². The van der Waals surface area contributed by atoms with Crippen LogP contribution >= 0.6 is 0 Å². The van der Waals surface area contributed by atoms with Gasteiger partial charge in [0.15, 0.2) is 0 Å². The lowest BCUT2D eigenvalue weighted by molar-refractivity contribution is -0.121. The van der Waals surface area contributed by atoms with E-state index in [2.05, 4.69) is 11.9 Å². The largest absolute Gasteiger partial charge is 0.380 e. The van der Waals surface area contributed by atoms with Crippen LogP contribution in [0.25, 0.3) is 0 Å². The van der Waals surface area contributed by atoms with E-state index in [0.29, 0.717) is 17.9 Å². The van der Waals surface area contributed by atoms with E-state index < -0.39 is 0 Å². The van der Waals surface area contributed by atoms with Gasteiger partial charge in [-0.2, -0.15) is 0 Å². The Morgan fingerprint density at radius 2 is 1.93 bits per heavy atom. The van der Waals surface area contributed by atoms with Crippen molar-refractivity contribution in [1.82, 2.24) is 4.90 Å². The Hall–Kier alpha value is -0.410. The third-order valence-electron chi connectivity index (χ3n) is 3.57. The minimum atomic E-state index is 0.442. The van der Waals surface area contributed by atoms with Crippen LogP contribution in [0.3, 0.4) is 0 Å². The first kappa shape index (κ1) is 10.1. The van der Waals surface area contributed by atoms with Crippen LogP contribution in [-0.2, 0) is 9.53 Å². The van der Waals surface area contributed by atoms with E-state index in [9.17, 15) is 4.79 Å². The molecule has 0 spiro atoms. The number of likely N-dealkylation sites (N-methyl/N-ethyl adjacent to an activating group) is 1. The fraction of sp³-hybridized carbons (Fsp3) is 0.909. The highest BCUT2D eigenvalue weighted by atomic mass is 16.5. The van der Waals surface area contributed by atoms with Crippen molar-refractivity contribution >= 4 is 5.78 Å². The Morgan fingerprint density at radius 3 is 2.50 bits per heavy atom. The molecule has 14 heavy (non-hydrogen) atoms. The predicted octanol–water partition coefficient (Wildman–Crippen LogP) is 1.22. The number of ether oxygens (including phenoxy) is 1. The van der Waals surface area contributed by atoms with Gasteiger partial charge in [-0.1, -0.05) is 0 Å². The normalized spacial score (nSPS) is 30.1. The standard InChI is InChI=1S/C11H19NO2/c1-12(10-6-7-14-8-10)9-2-4-11(13)5-3-9/h9-10H,2-8H2,1H3. The van der Waals surface area contributed by atoms with Crippen molar-refractivity contribution in [3.8, 4) is 0 Å². The average molecular weight is 197 g/mol. The number of carbonyl (C=O) groups is 1. The van der Waals surface area contributed by atoms with Crippen molar-refractivity contribution < 1.29 is 9.53 Å². The lowest BCUT2D eigenvalue weighted by Crippen LogP contribution is -2.42. The number of rotatable bonds is 2. The van der Waals surface area contributed by atoms with Crippen molar-refractivity contribution in [3.63, 3.8) is 0 Å². The van der Waals surface area contributed by atoms with Crippen molar-refractivity contribution in [2.75, 3.05) is 20.3 Å². The molecule has 0 N–H and O–H groups in total. The van der Waals surface area contributed by atoms with Gasteiger partial charge in [0, 0.05) is 31.5 Å². The molecule has 0 aromatic carbocycles. The first-order valence-corrected chi connectivity index (χ1v) is 5.59. The molecule has 3 nitrogen and oxygen atoms in total. The second-order valence-electron chi connectivity index (χ2n) is 4.45. The van der Waals surface area contributed by atoms with Crippen molar-refractivity contribution in [1.29, 1.82) is 0 Å². The zero-order chi connectivity index (χ0) is 9.97. The maximum absolute atomic E-state index is 11.1. The molecule has 2 rings (SSSR count). The molecule has 2 aliphatic rings. The molecule has 1 unspecified atom stereocenters. The quantitative estimate of drug-likeness (QED) is 0.666. The summed E-state index contributed by atoms with van der Waals surface area (Å²) in [6, 6.07) is 1.20. The summed E-state index contributed by atoms with van der Waals surface area (Å²) < 4.78 is 5.38. The molecule has 1 aliphatic heterocycles. The molecule has 0 bridgehead atoms. The fourth-order valence-electron chi connectivity index (χ4n) is 2.47. The number of Topliss-reactive ketones (excluding diaryl/α,β-unsaturated/α-hetero) is 1. The Bertz CT molecular complexity index is 201. The molecule has 80 valence electrons. The molecule has 3 heteroatoms. The Balaban J connectivity index is 1.84. The van der Waals surface area contributed by atoms with Gasteiger partial charge in [0.05, 0.1) is 6.61 Å². The van der Waals surface area contributed by atoms with Gasteiger partial charge in [-0.25, -0.2) is 0 Å². The van der Waals surface area contributed by atoms with Crippen LogP contribution in [0.4, 0.5) is 0 Å². The van der Waals surface area contributed by atoms with Gasteiger partial charge >= 0.3 is 0 Å². The van der Waals surface area contributed by atoms with Gasteiger partial charge in [-0.3, -0.25) is 9.69 Å². The maximum Gasteiger partial charge on any atom is 0.133 e. The summed E-state index contributed by atoms with van der Waals surface area (Å²) in [6.45, 7) is 1.78. The van der Waals surface area contributed by atoms with E-state index in [0.717, 1.165) is 45.3 Å². The van der Waals surface area contributed by atoms with Gasteiger partial charge in [0.1, 0.15) is 5.78 Å². The summed E-state index contributed by atoms with van der Waals surface area (Å²) in [4.78, 5) is 13.5. The summed E-state index contributed by atoms with van der Waals surface area (Å²) in [5.74, 6) is 0.442. The first-order valence-electron chi connectivity index (χ1n) is 5.59. The second kappa shape index (κ2) is 4.41. The summed E-state index contributed by atoms with van der Waals surface area (Å²) in [5, 5.41) is 0. The molecular formula is C11H19NO2. The molecular weight excluding hydrogens is 178 g/mol. The predicted molar refractivity (Wildman–Crippen MR) is 54.3 cm³/mol. The monoisotopic (exact) mass is 197 g/mol. The van der Waals surface area contributed by atoms with Crippen LogP contribution in [0, 0.1) is 0 Å². The summed E-state index contributed by atoms with van der Waals surface area (Å²) >= 11 is 0. The van der Waals surface area contributed by atoms with Crippen LogP contribution in [0.1, 0.15) is 32.1 Å². The van der Waals surface area contributed by atoms with Crippen LogP contribution in [0.5, 0.6) is 0 Å². The zero-order valence-corrected chi connectivity index (χ0v) is 8.87. The van der Waals surface area contributed by atoms with E-state index in [1.807, 2.05) is 0 Å². The van der Waals surface area contributed by atoms with Crippen LogP contribution < -0.4 is 0 Å². The second-order valence-corrected chi connectivity index (χ2v) is 4.45. The summed E-state index contributed by atoms with van der Waals surface area (Å²) in [6.07, 6.45) is 4.81. The summed E-state index contributed by atoms with van der Waals surface area (Å²) in [7, 11) is 2.18. The number of hydrogen-bond donors (Lipinski definition) is 0. The smallest absolute Gasteiger partial charge is 0.133 e. The van der Waals surface area contributed by atoms with Gasteiger partial charge in [0.25, 0.3) is 0 Å². The SMILES string of the molecule is CN(C1CCC(=O)CC1)C1CCOC1. The molecule has 2 fully saturated rings. The van der Waals surface area contributed by atoms with Crippen LogP contribution in [0.15, 0.2) is 0 Å². The molecule has 1 saturated carbocycles. The topological polar surface area (TPSA) is 29.5 Å². The highest BCUT2D eigenvalue weighted by molar-refractivity contribution is 5.79. The third-order valence-corrected chi connectivity index (χ3v) is 3.57. The molecule has 0 radical (unpaired) electrons. The highest BCUT2D eigenvalue weighted by Crippen LogP contribution is 2.23.